The lowest BCUT2D eigenvalue weighted by Crippen LogP contribution is -1.84. The van der Waals surface area contributed by atoms with Crippen molar-refractivity contribution >= 4 is 22.6 Å². The third-order valence-corrected chi connectivity index (χ3v) is 2.71. The van der Waals surface area contributed by atoms with Crippen molar-refractivity contribution in [2.75, 3.05) is 0 Å². The summed E-state index contributed by atoms with van der Waals surface area (Å²) in [5, 5.41) is 1.80. The molecule has 0 N–H and O–H groups in total. The van der Waals surface area contributed by atoms with Gasteiger partial charge in [-0.05, 0) is 36.6 Å². The Bertz CT molecular complexity index is 431. The molecular formula is C12H13ClO. The first kappa shape index (κ1) is 9.60. The molecule has 1 nitrogen and oxygen atoms in total. The van der Waals surface area contributed by atoms with Gasteiger partial charge in [0.1, 0.15) is 5.58 Å². The molecule has 0 saturated carbocycles. The van der Waals surface area contributed by atoms with E-state index < -0.39 is 0 Å². The van der Waals surface area contributed by atoms with E-state index in [2.05, 4.69) is 13.0 Å². The third-order valence-electron chi connectivity index (χ3n) is 2.40. The zero-order valence-corrected chi connectivity index (χ0v) is 8.97. The Labute approximate surface area is 88.7 Å². The van der Waals surface area contributed by atoms with E-state index in [0.29, 0.717) is 0 Å². The van der Waals surface area contributed by atoms with Crippen molar-refractivity contribution in [3.8, 4) is 0 Å². The Morgan fingerprint density at radius 1 is 1.36 bits per heavy atom. The van der Waals surface area contributed by atoms with Gasteiger partial charge in [-0.1, -0.05) is 24.9 Å². The van der Waals surface area contributed by atoms with Gasteiger partial charge in [0.15, 0.2) is 0 Å². The first-order chi connectivity index (χ1) is 6.81. The van der Waals surface area contributed by atoms with Gasteiger partial charge in [-0.25, -0.2) is 0 Å². The summed E-state index contributed by atoms with van der Waals surface area (Å²) in [6, 6.07) is 6.02. The summed E-state index contributed by atoms with van der Waals surface area (Å²) in [6.07, 6.45) is 5.16. The molecule has 0 saturated heterocycles. The van der Waals surface area contributed by atoms with Crippen LogP contribution in [0.3, 0.4) is 0 Å². The molecule has 2 aromatic rings. The number of unbranched alkanes of at least 4 members (excludes halogenated alkanes) is 1. The second-order valence-electron chi connectivity index (χ2n) is 3.51. The van der Waals surface area contributed by atoms with Crippen molar-refractivity contribution in [2.24, 2.45) is 0 Å². The van der Waals surface area contributed by atoms with Gasteiger partial charge < -0.3 is 4.42 Å². The number of benzene rings is 1. The van der Waals surface area contributed by atoms with Gasteiger partial charge in [-0.3, -0.25) is 0 Å². The van der Waals surface area contributed by atoms with Crippen LogP contribution in [-0.2, 0) is 6.42 Å². The summed E-state index contributed by atoms with van der Waals surface area (Å²) in [6.45, 7) is 2.19. The van der Waals surface area contributed by atoms with Crippen molar-refractivity contribution in [2.45, 2.75) is 26.2 Å². The fourth-order valence-corrected chi connectivity index (χ4v) is 1.90. The molecule has 1 heterocycles. The molecule has 0 unspecified atom stereocenters. The number of hydrogen-bond acceptors (Lipinski definition) is 1. The number of fused-ring (bicyclic) bond motifs is 1. The Kier molecular flexibility index (Phi) is 2.78. The molecule has 0 spiro atoms. The summed E-state index contributed by atoms with van der Waals surface area (Å²) >= 11 is 6.12. The minimum atomic E-state index is 0.794. The monoisotopic (exact) mass is 208 g/mol. The molecule has 0 bridgehead atoms. The van der Waals surface area contributed by atoms with Crippen LogP contribution in [0.25, 0.3) is 11.0 Å². The average molecular weight is 209 g/mol. The highest BCUT2D eigenvalue weighted by molar-refractivity contribution is 6.35. The zero-order chi connectivity index (χ0) is 9.97. The smallest absolute Gasteiger partial charge is 0.135 e. The minimum absolute atomic E-state index is 0.794. The topological polar surface area (TPSA) is 13.1 Å². The van der Waals surface area contributed by atoms with Gasteiger partial charge in [0.05, 0.1) is 11.3 Å². The van der Waals surface area contributed by atoms with Crippen LogP contribution in [0.1, 0.15) is 25.3 Å². The Hall–Kier alpha value is -0.950. The Balaban J connectivity index is 2.38. The first-order valence-electron chi connectivity index (χ1n) is 4.97. The predicted octanol–water partition coefficient (Wildman–Crippen LogP) is 4.43. The van der Waals surface area contributed by atoms with Crippen LogP contribution >= 0.6 is 11.6 Å². The number of hydrogen-bond donors (Lipinski definition) is 0. The van der Waals surface area contributed by atoms with Gasteiger partial charge in [0.25, 0.3) is 0 Å². The highest BCUT2D eigenvalue weighted by Gasteiger charge is 2.04. The summed E-state index contributed by atoms with van der Waals surface area (Å²) in [5.41, 5.74) is 2.16. The molecule has 14 heavy (non-hydrogen) atoms. The summed E-state index contributed by atoms with van der Waals surface area (Å²) in [7, 11) is 0. The fourth-order valence-electron chi connectivity index (χ4n) is 1.61. The SMILES string of the molecule is CCCCc1cc(Cl)c2ccoc2c1. The maximum Gasteiger partial charge on any atom is 0.135 e. The quantitative estimate of drug-likeness (QED) is 0.728. The van der Waals surface area contributed by atoms with E-state index in [1.54, 1.807) is 6.26 Å². The van der Waals surface area contributed by atoms with Gasteiger partial charge in [0, 0.05) is 5.39 Å². The van der Waals surface area contributed by atoms with E-state index in [0.717, 1.165) is 22.4 Å². The summed E-state index contributed by atoms with van der Waals surface area (Å²) in [5.74, 6) is 0. The van der Waals surface area contributed by atoms with Crippen LogP contribution < -0.4 is 0 Å². The Morgan fingerprint density at radius 2 is 2.21 bits per heavy atom. The van der Waals surface area contributed by atoms with E-state index in [9.17, 15) is 0 Å². The lowest BCUT2D eigenvalue weighted by molar-refractivity contribution is 0.615. The van der Waals surface area contributed by atoms with Crippen LogP contribution in [0.2, 0.25) is 5.02 Å². The van der Waals surface area contributed by atoms with Crippen LogP contribution in [-0.4, -0.2) is 0 Å². The van der Waals surface area contributed by atoms with Crippen LogP contribution in [0.15, 0.2) is 28.9 Å². The van der Waals surface area contributed by atoms with E-state index in [1.165, 1.54) is 18.4 Å². The van der Waals surface area contributed by atoms with Crippen molar-refractivity contribution in [1.29, 1.82) is 0 Å². The van der Waals surface area contributed by atoms with E-state index in [1.807, 2.05) is 12.1 Å². The number of aryl methyl sites for hydroxylation is 1. The van der Waals surface area contributed by atoms with Crippen molar-refractivity contribution in [3.05, 3.63) is 35.0 Å². The molecular weight excluding hydrogens is 196 g/mol. The molecule has 0 aliphatic heterocycles. The van der Waals surface area contributed by atoms with E-state index >= 15 is 0 Å². The van der Waals surface area contributed by atoms with E-state index in [4.69, 9.17) is 16.0 Å². The number of rotatable bonds is 3. The lowest BCUT2D eigenvalue weighted by Gasteiger charge is -2.01. The van der Waals surface area contributed by atoms with Gasteiger partial charge in [-0.2, -0.15) is 0 Å². The minimum Gasteiger partial charge on any atom is -0.464 e. The lowest BCUT2D eigenvalue weighted by atomic mass is 10.1. The highest BCUT2D eigenvalue weighted by Crippen LogP contribution is 2.26. The van der Waals surface area contributed by atoms with Crippen LogP contribution in [0, 0.1) is 0 Å². The second kappa shape index (κ2) is 4.05. The third kappa shape index (κ3) is 1.78. The number of halogens is 1. The second-order valence-corrected chi connectivity index (χ2v) is 3.92. The molecule has 1 aromatic carbocycles. The zero-order valence-electron chi connectivity index (χ0n) is 8.22. The standard InChI is InChI=1S/C12H13ClO/c1-2-3-4-9-7-11(13)10-5-6-14-12(10)8-9/h5-8H,2-4H2,1H3. The first-order valence-corrected chi connectivity index (χ1v) is 5.34. The molecule has 0 radical (unpaired) electrons. The average Bonchev–Trinajstić information content (AvgIpc) is 2.63. The summed E-state index contributed by atoms with van der Waals surface area (Å²) < 4.78 is 5.33. The Morgan fingerprint density at radius 3 is 3.00 bits per heavy atom. The largest absolute Gasteiger partial charge is 0.464 e. The van der Waals surface area contributed by atoms with Crippen LogP contribution in [0.5, 0.6) is 0 Å². The van der Waals surface area contributed by atoms with Crippen LogP contribution in [0.4, 0.5) is 0 Å². The molecule has 74 valence electrons. The highest BCUT2D eigenvalue weighted by atomic mass is 35.5. The normalized spacial score (nSPS) is 11.0. The molecule has 2 heteroatoms. The molecule has 0 atom stereocenters. The maximum absolute atomic E-state index is 6.12. The molecule has 2 rings (SSSR count). The fraction of sp³-hybridized carbons (Fsp3) is 0.333. The van der Waals surface area contributed by atoms with Gasteiger partial charge in [0.2, 0.25) is 0 Å². The van der Waals surface area contributed by atoms with Crippen molar-refractivity contribution in [1.82, 2.24) is 0 Å². The molecule has 0 aliphatic carbocycles. The molecule has 0 amide bonds. The summed E-state index contributed by atoms with van der Waals surface area (Å²) in [4.78, 5) is 0. The molecule has 1 aromatic heterocycles. The van der Waals surface area contributed by atoms with Crippen molar-refractivity contribution in [3.63, 3.8) is 0 Å². The number of furan rings is 1. The molecule has 0 aliphatic rings. The van der Waals surface area contributed by atoms with Gasteiger partial charge >= 0.3 is 0 Å². The van der Waals surface area contributed by atoms with Crippen molar-refractivity contribution < 1.29 is 4.42 Å². The maximum atomic E-state index is 6.12. The molecule has 0 fully saturated rings. The predicted molar refractivity (Wildman–Crippen MR) is 59.8 cm³/mol. The van der Waals surface area contributed by atoms with E-state index in [-0.39, 0.29) is 0 Å². The van der Waals surface area contributed by atoms with Gasteiger partial charge in [-0.15, -0.1) is 0 Å².